The maximum Gasteiger partial charge on any atom is 0.0449 e. The van der Waals surface area contributed by atoms with E-state index in [0.29, 0.717) is 6.04 Å². The molecule has 0 spiro atoms. The van der Waals surface area contributed by atoms with E-state index in [1.807, 2.05) is 0 Å². The lowest BCUT2D eigenvalue weighted by molar-refractivity contribution is 0.148. The van der Waals surface area contributed by atoms with Crippen molar-refractivity contribution in [1.82, 2.24) is 10.2 Å². The van der Waals surface area contributed by atoms with Gasteiger partial charge < -0.3 is 5.32 Å². The molecule has 0 saturated heterocycles. The van der Waals surface area contributed by atoms with Gasteiger partial charge in [-0.25, -0.2) is 0 Å². The van der Waals surface area contributed by atoms with Gasteiger partial charge in [0.2, 0.25) is 0 Å². The van der Waals surface area contributed by atoms with Crippen molar-refractivity contribution < 1.29 is 0 Å². The van der Waals surface area contributed by atoms with Gasteiger partial charge in [-0.2, -0.15) is 0 Å². The first-order valence-corrected chi connectivity index (χ1v) is 8.37. The zero-order valence-corrected chi connectivity index (χ0v) is 13.1. The van der Waals surface area contributed by atoms with E-state index >= 15 is 0 Å². The summed E-state index contributed by atoms with van der Waals surface area (Å²) in [6.45, 7) is 7.84. The highest BCUT2D eigenvalue weighted by atomic mass is 15.2. The van der Waals surface area contributed by atoms with E-state index in [9.17, 15) is 0 Å². The first-order chi connectivity index (χ1) is 9.85. The topological polar surface area (TPSA) is 15.3 Å². The molecule has 0 radical (unpaired) electrons. The monoisotopic (exact) mass is 274 g/mol. The Bertz CT molecular complexity index is 357. The summed E-state index contributed by atoms with van der Waals surface area (Å²) in [5.74, 6) is 0. The predicted molar refractivity (Wildman–Crippen MR) is 87.0 cm³/mol. The summed E-state index contributed by atoms with van der Waals surface area (Å²) >= 11 is 0. The standard InChI is InChI=1S/C18H30N2/c1-3-19-18(16-11-7-5-8-12-16)15-20(4-2)17-13-9-6-10-14-17/h5,7-8,11-12,17-19H,3-4,6,9-10,13-15H2,1-2H3. The SMILES string of the molecule is CCNC(CN(CC)C1CCCCC1)c1ccccc1. The molecule has 20 heavy (non-hydrogen) atoms. The molecule has 0 heterocycles. The van der Waals surface area contributed by atoms with E-state index in [-0.39, 0.29) is 0 Å². The summed E-state index contributed by atoms with van der Waals surface area (Å²) in [4.78, 5) is 2.69. The summed E-state index contributed by atoms with van der Waals surface area (Å²) in [5, 5.41) is 3.66. The molecule has 1 fully saturated rings. The molecule has 2 nitrogen and oxygen atoms in total. The van der Waals surface area contributed by atoms with Crippen LogP contribution in [-0.4, -0.2) is 30.6 Å². The van der Waals surface area contributed by atoms with E-state index in [4.69, 9.17) is 0 Å². The molecule has 1 aliphatic carbocycles. The van der Waals surface area contributed by atoms with Crippen LogP contribution in [0.1, 0.15) is 57.6 Å². The van der Waals surface area contributed by atoms with E-state index < -0.39 is 0 Å². The average molecular weight is 274 g/mol. The summed E-state index contributed by atoms with van der Waals surface area (Å²) in [6, 6.07) is 12.2. The van der Waals surface area contributed by atoms with Gasteiger partial charge >= 0.3 is 0 Å². The minimum Gasteiger partial charge on any atom is -0.309 e. The smallest absolute Gasteiger partial charge is 0.0449 e. The fraction of sp³-hybridized carbons (Fsp3) is 0.667. The van der Waals surface area contributed by atoms with Crippen LogP contribution in [0.5, 0.6) is 0 Å². The second-order valence-electron chi connectivity index (χ2n) is 5.90. The second kappa shape index (κ2) is 8.43. The Balaban J connectivity index is 2.01. The number of nitrogens with one attached hydrogen (secondary N) is 1. The molecule has 0 aliphatic heterocycles. The number of hydrogen-bond donors (Lipinski definition) is 1. The van der Waals surface area contributed by atoms with Crippen LogP contribution in [0.2, 0.25) is 0 Å². The molecule has 1 unspecified atom stereocenters. The summed E-state index contributed by atoms with van der Waals surface area (Å²) < 4.78 is 0. The van der Waals surface area contributed by atoms with Crippen molar-refractivity contribution in [1.29, 1.82) is 0 Å². The van der Waals surface area contributed by atoms with Crippen molar-refractivity contribution in [2.75, 3.05) is 19.6 Å². The molecule has 2 rings (SSSR count). The van der Waals surface area contributed by atoms with Crippen molar-refractivity contribution in [2.45, 2.75) is 58.0 Å². The van der Waals surface area contributed by atoms with Crippen molar-refractivity contribution in [3.63, 3.8) is 0 Å². The normalized spacial score (nSPS) is 18.4. The minimum atomic E-state index is 0.461. The number of benzene rings is 1. The van der Waals surface area contributed by atoms with E-state index in [0.717, 1.165) is 19.1 Å². The lowest BCUT2D eigenvalue weighted by Gasteiger charge is -2.36. The fourth-order valence-electron chi connectivity index (χ4n) is 3.44. The zero-order valence-electron chi connectivity index (χ0n) is 13.1. The lowest BCUT2D eigenvalue weighted by atomic mass is 9.93. The molecule has 0 amide bonds. The van der Waals surface area contributed by atoms with Gasteiger partial charge in [0, 0.05) is 18.6 Å². The van der Waals surface area contributed by atoms with Crippen LogP contribution in [0.15, 0.2) is 30.3 Å². The maximum absolute atomic E-state index is 3.66. The van der Waals surface area contributed by atoms with E-state index in [1.165, 1.54) is 44.2 Å². The van der Waals surface area contributed by atoms with Crippen LogP contribution >= 0.6 is 0 Å². The number of hydrogen-bond acceptors (Lipinski definition) is 2. The largest absolute Gasteiger partial charge is 0.309 e. The highest BCUT2D eigenvalue weighted by molar-refractivity contribution is 5.19. The van der Waals surface area contributed by atoms with Crippen LogP contribution < -0.4 is 5.32 Å². The third-order valence-corrected chi connectivity index (χ3v) is 4.57. The highest BCUT2D eigenvalue weighted by Crippen LogP contribution is 2.24. The van der Waals surface area contributed by atoms with E-state index in [2.05, 4.69) is 54.4 Å². The maximum atomic E-state index is 3.66. The van der Waals surface area contributed by atoms with Gasteiger partial charge in [-0.3, -0.25) is 4.90 Å². The summed E-state index contributed by atoms with van der Waals surface area (Å²) in [6.07, 6.45) is 7.04. The van der Waals surface area contributed by atoms with Gasteiger partial charge in [-0.15, -0.1) is 0 Å². The summed E-state index contributed by atoms with van der Waals surface area (Å²) in [5.41, 5.74) is 1.42. The Labute approximate surface area is 124 Å². The molecule has 1 aromatic rings. The second-order valence-corrected chi connectivity index (χ2v) is 5.90. The molecule has 2 heteroatoms. The Morgan fingerprint density at radius 3 is 2.40 bits per heavy atom. The number of rotatable bonds is 7. The number of likely N-dealkylation sites (N-methyl/N-ethyl adjacent to an activating group) is 2. The van der Waals surface area contributed by atoms with Crippen LogP contribution in [0, 0.1) is 0 Å². The molecule has 1 aliphatic rings. The Hall–Kier alpha value is -0.860. The quantitative estimate of drug-likeness (QED) is 0.808. The van der Waals surface area contributed by atoms with Gasteiger partial charge in [0.25, 0.3) is 0 Å². The van der Waals surface area contributed by atoms with Crippen molar-refractivity contribution >= 4 is 0 Å². The molecule has 0 bridgehead atoms. The first-order valence-electron chi connectivity index (χ1n) is 8.37. The van der Waals surface area contributed by atoms with Gasteiger partial charge in [0.1, 0.15) is 0 Å². The molecule has 1 N–H and O–H groups in total. The molecule has 112 valence electrons. The van der Waals surface area contributed by atoms with Crippen molar-refractivity contribution in [3.8, 4) is 0 Å². The van der Waals surface area contributed by atoms with Crippen molar-refractivity contribution in [3.05, 3.63) is 35.9 Å². The predicted octanol–water partition coefficient (Wildman–Crippen LogP) is 3.99. The molecule has 0 aromatic heterocycles. The highest BCUT2D eigenvalue weighted by Gasteiger charge is 2.22. The fourth-order valence-corrected chi connectivity index (χ4v) is 3.44. The van der Waals surface area contributed by atoms with Gasteiger partial charge in [-0.05, 0) is 31.5 Å². The first kappa shape index (κ1) is 15.5. The van der Waals surface area contributed by atoms with Gasteiger partial charge in [0.15, 0.2) is 0 Å². The average Bonchev–Trinajstić information content (AvgIpc) is 2.53. The van der Waals surface area contributed by atoms with Gasteiger partial charge in [-0.1, -0.05) is 63.4 Å². The van der Waals surface area contributed by atoms with E-state index in [1.54, 1.807) is 0 Å². The van der Waals surface area contributed by atoms with Crippen LogP contribution in [-0.2, 0) is 0 Å². The third kappa shape index (κ3) is 4.32. The molecule has 1 aromatic carbocycles. The molecular formula is C18H30N2. The van der Waals surface area contributed by atoms with Crippen LogP contribution in [0.3, 0.4) is 0 Å². The summed E-state index contributed by atoms with van der Waals surface area (Å²) in [7, 11) is 0. The lowest BCUT2D eigenvalue weighted by Crippen LogP contribution is -2.42. The Kier molecular flexibility index (Phi) is 6.55. The third-order valence-electron chi connectivity index (χ3n) is 4.57. The Morgan fingerprint density at radius 2 is 1.80 bits per heavy atom. The van der Waals surface area contributed by atoms with Crippen molar-refractivity contribution in [2.24, 2.45) is 0 Å². The van der Waals surface area contributed by atoms with Crippen LogP contribution in [0.25, 0.3) is 0 Å². The molecule has 1 saturated carbocycles. The Morgan fingerprint density at radius 1 is 1.10 bits per heavy atom. The number of nitrogens with zero attached hydrogens (tertiary/aromatic N) is 1. The molecular weight excluding hydrogens is 244 g/mol. The van der Waals surface area contributed by atoms with Gasteiger partial charge in [0.05, 0.1) is 0 Å². The zero-order chi connectivity index (χ0) is 14.2. The van der Waals surface area contributed by atoms with Crippen LogP contribution in [0.4, 0.5) is 0 Å². The molecule has 1 atom stereocenters. The minimum absolute atomic E-state index is 0.461.